The molecule has 202 valence electrons. The molecule has 11 heteroatoms. The first-order chi connectivity index (χ1) is 18.7. The molecule has 3 N–H and O–H groups in total. The first-order valence-electron chi connectivity index (χ1n) is 11.9. The van der Waals surface area contributed by atoms with Crippen LogP contribution in [0.2, 0.25) is 0 Å². The van der Waals surface area contributed by atoms with Crippen molar-refractivity contribution in [2.24, 2.45) is 0 Å². The third-order valence-corrected chi connectivity index (χ3v) is 8.24. The molecule has 4 rings (SSSR count). The van der Waals surface area contributed by atoms with Gasteiger partial charge in [-0.2, -0.15) is 0 Å². The van der Waals surface area contributed by atoms with Crippen LogP contribution in [-0.2, 0) is 14.8 Å². The Morgan fingerprint density at radius 3 is 2.18 bits per heavy atom. The van der Waals surface area contributed by atoms with E-state index in [-0.39, 0.29) is 16.6 Å². The van der Waals surface area contributed by atoms with Gasteiger partial charge in [0.25, 0.3) is 10.0 Å². The molecule has 8 nitrogen and oxygen atoms in total. The molecule has 39 heavy (non-hydrogen) atoms. The van der Waals surface area contributed by atoms with E-state index in [2.05, 4.69) is 15.4 Å². The molecule has 0 atom stereocenters. The fourth-order valence-corrected chi connectivity index (χ4v) is 6.25. The van der Waals surface area contributed by atoms with Gasteiger partial charge in [-0.25, -0.2) is 13.2 Å². The summed E-state index contributed by atoms with van der Waals surface area (Å²) in [6.07, 6.45) is 0. The van der Waals surface area contributed by atoms with Crippen molar-refractivity contribution in [3.05, 3.63) is 89.3 Å². The van der Waals surface area contributed by atoms with E-state index < -0.39 is 16.0 Å². The van der Waals surface area contributed by atoms with Crippen LogP contribution >= 0.6 is 23.6 Å². The molecule has 0 fully saturated rings. The summed E-state index contributed by atoms with van der Waals surface area (Å²) in [7, 11) is -2.25. The van der Waals surface area contributed by atoms with Crippen molar-refractivity contribution in [2.45, 2.75) is 18.7 Å². The van der Waals surface area contributed by atoms with Crippen LogP contribution in [0.4, 0.5) is 16.4 Å². The Morgan fingerprint density at radius 2 is 1.56 bits per heavy atom. The van der Waals surface area contributed by atoms with Crippen molar-refractivity contribution >= 4 is 61.0 Å². The Labute approximate surface area is 237 Å². The van der Waals surface area contributed by atoms with Gasteiger partial charge < -0.3 is 20.1 Å². The fraction of sp³-hybridized carbons (Fsp3) is 0.143. The number of carbonyl (C=O) groups excluding carboxylic acids is 1. The zero-order valence-corrected chi connectivity index (χ0v) is 23.9. The number of aryl methyl sites for hydroxylation is 1. The molecule has 0 spiro atoms. The van der Waals surface area contributed by atoms with E-state index in [4.69, 9.17) is 21.7 Å². The second-order valence-corrected chi connectivity index (χ2v) is 11.6. The second-order valence-electron chi connectivity index (χ2n) is 8.26. The quantitative estimate of drug-likeness (QED) is 0.152. The van der Waals surface area contributed by atoms with Gasteiger partial charge in [-0.05, 0) is 80.2 Å². The molecule has 0 amide bonds. The first kappa shape index (κ1) is 28.1. The molecule has 0 radical (unpaired) electrons. The summed E-state index contributed by atoms with van der Waals surface area (Å²) in [6.45, 7) is 3.94. The summed E-state index contributed by atoms with van der Waals surface area (Å²) >= 11 is 6.91. The number of carbonyl (C=O) groups is 1. The molecule has 1 aromatic heterocycles. The lowest BCUT2D eigenvalue weighted by Gasteiger charge is -2.13. The highest BCUT2D eigenvalue weighted by Crippen LogP contribution is 2.40. The third-order valence-electron chi connectivity index (χ3n) is 5.62. The highest BCUT2D eigenvalue weighted by Gasteiger charge is 2.25. The predicted molar refractivity (Wildman–Crippen MR) is 161 cm³/mol. The van der Waals surface area contributed by atoms with Gasteiger partial charge in [0.05, 0.1) is 18.6 Å². The zero-order valence-electron chi connectivity index (χ0n) is 21.5. The average molecular weight is 582 g/mol. The molecule has 0 aliphatic carbocycles. The highest BCUT2D eigenvalue weighted by atomic mass is 32.2. The van der Waals surface area contributed by atoms with Crippen LogP contribution in [0.3, 0.4) is 0 Å². The standard InChI is InChI=1S/C28H27N3O5S3/c1-4-36-27(32)25-24(19-8-6-5-7-9-19)18(2)38-26(25)30-28(37)29-20-12-16-23(17-13-20)39(33,34)31-21-10-14-22(35-3)15-11-21/h5-17,31H,4H2,1-3H3,(H2,29,30,37). The molecule has 1 heterocycles. The normalized spacial score (nSPS) is 10.9. The van der Waals surface area contributed by atoms with E-state index in [9.17, 15) is 13.2 Å². The van der Waals surface area contributed by atoms with Crippen LogP contribution in [0.15, 0.2) is 83.8 Å². The maximum atomic E-state index is 12.9. The summed E-state index contributed by atoms with van der Waals surface area (Å²) in [5.41, 5.74) is 3.11. The number of hydrogen-bond donors (Lipinski definition) is 3. The van der Waals surface area contributed by atoms with Crippen LogP contribution in [0.25, 0.3) is 11.1 Å². The SMILES string of the molecule is CCOC(=O)c1c(NC(=S)Nc2ccc(S(=O)(=O)Nc3ccc(OC)cc3)cc2)sc(C)c1-c1ccccc1. The lowest BCUT2D eigenvalue weighted by molar-refractivity contribution is 0.0529. The van der Waals surface area contributed by atoms with Crippen LogP contribution in [-0.4, -0.2) is 33.2 Å². The van der Waals surface area contributed by atoms with Crippen molar-refractivity contribution in [3.63, 3.8) is 0 Å². The van der Waals surface area contributed by atoms with Gasteiger partial charge in [0.1, 0.15) is 16.3 Å². The van der Waals surface area contributed by atoms with E-state index in [0.29, 0.717) is 27.7 Å². The van der Waals surface area contributed by atoms with E-state index in [0.717, 1.165) is 16.0 Å². The van der Waals surface area contributed by atoms with Crippen molar-refractivity contribution in [1.29, 1.82) is 0 Å². The number of anilines is 3. The van der Waals surface area contributed by atoms with Crippen molar-refractivity contribution in [3.8, 4) is 16.9 Å². The largest absolute Gasteiger partial charge is 0.497 e. The number of esters is 1. The van der Waals surface area contributed by atoms with E-state index in [1.165, 1.54) is 23.5 Å². The number of thiocarbonyl (C=S) groups is 1. The number of thiophene rings is 1. The van der Waals surface area contributed by atoms with Crippen LogP contribution < -0.4 is 20.1 Å². The maximum absolute atomic E-state index is 12.9. The average Bonchev–Trinajstić information content (AvgIpc) is 3.25. The smallest absolute Gasteiger partial charge is 0.341 e. The van der Waals surface area contributed by atoms with E-state index >= 15 is 0 Å². The number of sulfonamides is 1. The van der Waals surface area contributed by atoms with Crippen molar-refractivity contribution in [2.75, 3.05) is 29.1 Å². The number of nitrogens with one attached hydrogen (secondary N) is 3. The van der Waals surface area contributed by atoms with Crippen molar-refractivity contribution < 1.29 is 22.7 Å². The maximum Gasteiger partial charge on any atom is 0.341 e. The van der Waals surface area contributed by atoms with Gasteiger partial charge in [0.2, 0.25) is 0 Å². The van der Waals surface area contributed by atoms with Gasteiger partial charge in [-0.3, -0.25) is 4.72 Å². The van der Waals surface area contributed by atoms with Gasteiger partial charge in [-0.1, -0.05) is 30.3 Å². The number of hydrogen-bond acceptors (Lipinski definition) is 7. The van der Waals surface area contributed by atoms with Gasteiger partial charge >= 0.3 is 5.97 Å². The molecule has 0 bridgehead atoms. The minimum Gasteiger partial charge on any atom is -0.497 e. The summed E-state index contributed by atoms with van der Waals surface area (Å²) in [5, 5.41) is 6.96. The molecule has 0 saturated carbocycles. The van der Waals surface area contributed by atoms with Crippen molar-refractivity contribution in [1.82, 2.24) is 0 Å². The Morgan fingerprint density at radius 1 is 0.923 bits per heavy atom. The Balaban J connectivity index is 1.49. The number of methoxy groups -OCH3 is 1. The predicted octanol–water partition coefficient (Wildman–Crippen LogP) is 6.52. The topological polar surface area (TPSA) is 106 Å². The number of ether oxygens (including phenoxy) is 2. The molecule has 0 aliphatic rings. The highest BCUT2D eigenvalue weighted by molar-refractivity contribution is 7.92. The van der Waals surface area contributed by atoms with Gasteiger partial charge in [-0.15, -0.1) is 11.3 Å². The fourth-order valence-electron chi connectivity index (χ4n) is 3.84. The summed E-state index contributed by atoms with van der Waals surface area (Å²) in [4.78, 5) is 13.9. The Kier molecular flexibility index (Phi) is 8.85. The van der Waals surface area contributed by atoms with Gasteiger partial charge in [0, 0.05) is 21.8 Å². The van der Waals surface area contributed by atoms with E-state index in [1.807, 2.05) is 37.3 Å². The molecule has 0 saturated heterocycles. The third kappa shape index (κ3) is 6.75. The molecule has 0 unspecified atom stereocenters. The lowest BCUT2D eigenvalue weighted by Crippen LogP contribution is -2.20. The van der Waals surface area contributed by atoms with E-state index in [1.54, 1.807) is 50.4 Å². The molecule has 0 aliphatic heterocycles. The Hall–Kier alpha value is -3.93. The molecule has 3 aromatic carbocycles. The second kappa shape index (κ2) is 12.3. The van der Waals surface area contributed by atoms with Gasteiger partial charge in [0.15, 0.2) is 5.11 Å². The summed E-state index contributed by atoms with van der Waals surface area (Å²) in [5.74, 6) is 0.186. The number of benzene rings is 3. The van der Waals surface area contributed by atoms with Crippen LogP contribution in [0, 0.1) is 6.92 Å². The Bertz CT molecular complexity index is 1570. The minimum atomic E-state index is -3.79. The lowest BCUT2D eigenvalue weighted by atomic mass is 10.0. The minimum absolute atomic E-state index is 0.0914. The first-order valence-corrected chi connectivity index (χ1v) is 14.6. The van der Waals surface area contributed by atoms with Crippen LogP contribution in [0.1, 0.15) is 22.2 Å². The summed E-state index contributed by atoms with van der Waals surface area (Å²) < 4.78 is 38.6. The zero-order chi connectivity index (χ0) is 28.0. The molecular weight excluding hydrogens is 555 g/mol. The molecular formula is C28H27N3O5S3. The summed E-state index contributed by atoms with van der Waals surface area (Å²) in [6, 6.07) is 22.4. The number of rotatable bonds is 9. The monoisotopic (exact) mass is 581 g/mol. The van der Waals surface area contributed by atoms with Crippen LogP contribution in [0.5, 0.6) is 5.75 Å². The molecule has 4 aromatic rings.